The van der Waals surface area contributed by atoms with Crippen LogP contribution in [0.25, 0.3) is 11.8 Å². The van der Waals surface area contributed by atoms with E-state index in [9.17, 15) is 13.2 Å². The largest absolute Gasteiger partial charge is 0.341 e. The molecule has 0 unspecified atom stereocenters. The fourth-order valence-corrected chi connectivity index (χ4v) is 5.22. The van der Waals surface area contributed by atoms with Gasteiger partial charge in [-0.1, -0.05) is 48.5 Å². The van der Waals surface area contributed by atoms with Crippen molar-refractivity contribution in [2.45, 2.75) is 19.4 Å². The predicted octanol–water partition coefficient (Wildman–Crippen LogP) is 3.54. The van der Waals surface area contributed by atoms with Gasteiger partial charge in [0.2, 0.25) is 15.9 Å². The van der Waals surface area contributed by atoms with Crippen LogP contribution in [0.2, 0.25) is 0 Å². The Bertz CT molecular complexity index is 1200. The Hall–Kier alpha value is -3.23. The second-order valence-electron chi connectivity index (χ2n) is 8.25. The molecule has 1 aromatic heterocycles. The average molecular weight is 465 g/mol. The van der Waals surface area contributed by atoms with E-state index in [1.165, 1.54) is 9.71 Å². The summed E-state index contributed by atoms with van der Waals surface area (Å²) >= 11 is 0. The third kappa shape index (κ3) is 5.77. The molecule has 2 aromatic carbocycles. The normalized spacial score (nSPS) is 15.7. The highest BCUT2D eigenvalue weighted by Gasteiger charge is 2.31. The molecule has 1 aliphatic heterocycles. The maximum absolute atomic E-state index is 13.0. The molecule has 172 valence electrons. The summed E-state index contributed by atoms with van der Waals surface area (Å²) in [5, 5.41) is 5.64. The van der Waals surface area contributed by atoms with Gasteiger partial charge in [-0.25, -0.2) is 13.1 Å². The Labute approximate surface area is 195 Å². The predicted molar refractivity (Wildman–Crippen MR) is 129 cm³/mol. The molecule has 0 saturated carbocycles. The fourth-order valence-electron chi connectivity index (χ4n) is 4.00. The molecule has 0 bridgehead atoms. The number of para-hydroxylation sites is 1. The fraction of sp³-hybridized carbons (Fsp3) is 0.280. The van der Waals surface area contributed by atoms with Crippen molar-refractivity contribution in [1.82, 2.24) is 19.0 Å². The molecule has 8 heteroatoms. The number of piperidine rings is 1. The maximum atomic E-state index is 13.0. The lowest BCUT2D eigenvalue weighted by Crippen LogP contribution is -2.42. The molecular formula is C25H28N4O3S. The van der Waals surface area contributed by atoms with E-state index in [1.54, 1.807) is 28.9 Å². The third-order valence-corrected chi connectivity index (χ3v) is 7.41. The summed E-state index contributed by atoms with van der Waals surface area (Å²) in [4.78, 5) is 14.7. The van der Waals surface area contributed by atoms with Crippen LogP contribution in [0.3, 0.4) is 0 Å². The number of aromatic nitrogens is 2. The Balaban J connectivity index is 1.31. The van der Waals surface area contributed by atoms with Crippen LogP contribution in [0, 0.1) is 5.92 Å². The Morgan fingerprint density at radius 1 is 1.06 bits per heavy atom. The molecule has 3 aromatic rings. The van der Waals surface area contributed by atoms with Crippen LogP contribution >= 0.6 is 0 Å². The number of sulfonamides is 1. The van der Waals surface area contributed by atoms with E-state index >= 15 is 0 Å². The van der Waals surface area contributed by atoms with Crippen LogP contribution in [-0.4, -0.2) is 53.4 Å². The second-order valence-corrected chi connectivity index (χ2v) is 10.1. The molecule has 1 amide bonds. The van der Waals surface area contributed by atoms with Gasteiger partial charge >= 0.3 is 0 Å². The lowest BCUT2D eigenvalue weighted by atomic mass is 9.96. The van der Waals surface area contributed by atoms with E-state index in [0.29, 0.717) is 32.5 Å². The standard InChI is InChI=1S/C25H28N4O3S/c1-27(19-22-18-26-29(20-22)24-10-6-3-7-11-24)25(30)23-12-15-28(16-13-23)33(31,32)17-14-21-8-4-2-5-9-21/h2-11,14,17-18,20,23H,12-13,15-16,19H2,1H3/b17-14+. The van der Waals surface area contributed by atoms with E-state index in [-0.39, 0.29) is 11.8 Å². The molecule has 4 rings (SSSR count). The van der Waals surface area contributed by atoms with Gasteiger partial charge in [0.1, 0.15) is 0 Å². The highest BCUT2D eigenvalue weighted by Crippen LogP contribution is 2.23. The van der Waals surface area contributed by atoms with Crippen molar-refractivity contribution < 1.29 is 13.2 Å². The van der Waals surface area contributed by atoms with Gasteiger partial charge in [0.25, 0.3) is 0 Å². The molecule has 0 N–H and O–H groups in total. The number of rotatable bonds is 7. The number of carbonyl (C=O) groups is 1. The van der Waals surface area contributed by atoms with E-state index < -0.39 is 10.0 Å². The molecular weight excluding hydrogens is 436 g/mol. The minimum atomic E-state index is -3.51. The average Bonchev–Trinajstić information content (AvgIpc) is 3.32. The first-order valence-electron chi connectivity index (χ1n) is 11.0. The molecule has 1 saturated heterocycles. The van der Waals surface area contributed by atoms with Crippen molar-refractivity contribution in [3.05, 3.63) is 89.6 Å². The van der Waals surface area contributed by atoms with E-state index in [2.05, 4.69) is 5.10 Å². The zero-order valence-electron chi connectivity index (χ0n) is 18.6. The van der Waals surface area contributed by atoms with Crippen LogP contribution in [0.1, 0.15) is 24.0 Å². The Kier molecular flexibility index (Phi) is 7.05. The number of amides is 1. The summed E-state index contributed by atoms with van der Waals surface area (Å²) in [5.41, 5.74) is 2.75. The van der Waals surface area contributed by atoms with Crippen molar-refractivity contribution in [3.63, 3.8) is 0 Å². The van der Waals surface area contributed by atoms with Crippen molar-refractivity contribution in [1.29, 1.82) is 0 Å². The first-order valence-corrected chi connectivity index (χ1v) is 12.5. The van der Waals surface area contributed by atoms with Gasteiger partial charge in [-0.05, 0) is 36.6 Å². The Morgan fingerprint density at radius 2 is 1.70 bits per heavy atom. The van der Waals surface area contributed by atoms with Crippen molar-refractivity contribution in [3.8, 4) is 5.69 Å². The molecule has 2 heterocycles. The first kappa shape index (κ1) is 22.9. The molecule has 33 heavy (non-hydrogen) atoms. The first-order chi connectivity index (χ1) is 15.9. The summed E-state index contributed by atoms with van der Waals surface area (Å²) in [6, 6.07) is 19.2. The molecule has 1 aliphatic rings. The van der Waals surface area contributed by atoms with Crippen LogP contribution in [0.15, 0.2) is 78.5 Å². The monoisotopic (exact) mass is 464 g/mol. The number of carbonyl (C=O) groups excluding carboxylic acids is 1. The molecule has 0 aliphatic carbocycles. The van der Waals surface area contributed by atoms with Gasteiger partial charge in [0.05, 0.1) is 11.9 Å². The number of benzene rings is 2. The van der Waals surface area contributed by atoms with Gasteiger partial charge in [0, 0.05) is 49.8 Å². The van der Waals surface area contributed by atoms with Gasteiger partial charge in [-0.3, -0.25) is 4.79 Å². The number of nitrogens with zero attached hydrogens (tertiary/aromatic N) is 4. The second kappa shape index (κ2) is 10.1. The van der Waals surface area contributed by atoms with Gasteiger partial charge < -0.3 is 4.90 Å². The number of hydrogen-bond acceptors (Lipinski definition) is 4. The van der Waals surface area contributed by atoms with Crippen LogP contribution in [0.4, 0.5) is 0 Å². The van der Waals surface area contributed by atoms with Crippen molar-refractivity contribution in [2.75, 3.05) is 20.1 Å². The summed E-state index contributed by atoms with van der Waals surface area (Å²) in [5.74, 6) is -0.136. The molecule has 1 fully saturated rings. The lowest BCUT2D eigenvalue weighted by molar-refractivity contribution is -0.135. The minimum absolute atomic E-state index is 0.0411. The summed E-state index contributed by atoms with van der Waals surface area (Å²) in [6.45, 7) is 1.15. The molecule has 7 nitrogen and oxygen atoms in total. The van der Waals surface area contributed by atoms with Gasteiger partial charge in [-0.2, -0.15) is 9.40 Å². The smallest absolute Gasteiger partial charge is 0.236 e. The summed E-state index contributed by atoms with van der Waals surface area (Å²) in [6.07, 6.45) is 6.34. The Morgan fingerprint density at radius 3 is 2.36 bits per heavy atom. The molecule has 0 radical (unpaired) electrons. The summed E-state index contributed by atoms with van der Waals surface area (Å²) in [7, 11) is -1.72. The highest BCUT2D eigenvalue weighted by molar-refractivity contribution is 7.92. The zero-order valence-corrected chi connectivity index (χ0v) is 19.4. The topological polar surface area (TPSA) is 75.5 Å². The van der Waals surface area contributed by atoms with E-state index in [1.807, 2.05) is 66.9 Å². The number of hydrogen-bond donors (Lipinski definition) is 0. The molecule has 0 spiro atoms. The van der Waals surface area contributed by atoms with Crippen molar-refractivity contribution in [2.24, 2.45) is 5.92 Å². The van der Waals surface area contributed by atoms with Crippen LogP contribution < -0.4 is 0 Å². The maximum Gasteiger partial charge on any atom is 0.236 e. The van der Waals surface area contributed by atoms with Crippen molar-refractivity contribution >= 4 is 22.0 Å². The minimum Gasteiger partial charge on any atom is -0.341 e. The van der Waals surface area contributed by atoms with E-state index in [0.717, 1.165) is 16.8 Å². The lowest BCUT2D eigenvalue weighted by Gasteiger charge is -2.31. The van der Waals surface area contributed by atoms with Gasteiger partial charge in [0.15, 0.2) is 0 Å². The van der Waals surface area contributed by atoms with Crippen LogP contribution in [-0.2, 0) is 21.4 Å². The van der Waals surface area contributed by atoms with Crippen LogP contribution in [0.5, 0.6) is 0 Å². The highest BCUT2D eigenvalue weighted by atomic mass is 32.2. The SMILES string of the molecule is CN(Cc1cnn(-c2ccccc2)c1)C(=O)C1CCN(S(=O)(=O)/C=C/c2ccccc2)CC1. The third-order valence-electron chi connectivity index (χ3n) is 5.85. The quantitative estimate of drug-likeness (QED) is 0.536. The molecule has 0 atom stereocenters. The van der Waals surface area contributed by atoms with E-state index in [4.69, 9.17) is 0 Å². The zero-order chi connectivity index (χ0) is 23.3. The van der Waals surface area contributed by atoms with Gasteiger partial charge in [-0.15, -0.1) is 0 Å². The summed E-state index contributed by atoms with van der Waals surface area (Å²) < 4.78 is 28.6.